The molecule has 0 saturated carbocycles. The first kappa shape index (κ1) is 15.8. The summed E-state index contributed by atoms with van der Waals surface area (Å²) in [6.45, 7) is 1.47. The van der Waals surface area contributed by atoms with E-state index in [1.165, 1.54) is 0 Å². The fraction of sp³-hybridized carbons (Fsp3) is 0.238. The number of ether oxygens (including phenoxy) is 1. The number of hydrogen-bond acceptors (Lipinski definition) is 4. The molecular formula is C21H20N2O2. The van der Waals surface area contributed by atoms with Gasteiger partial charge in [-0.2, -0.15) is 0 Å². The quantitative estimate of drug-likeness (QED) is 0.724. The molecule has 0 spiro atoms. The molecule has 1 aliphatic heterocycles. The maximum absolute atomic E-state index is 10.8. The van der Waals surface area contributed by atoms with Crippen molar-refractivity contribution in [3.05, 3.63) is 71.9 Å². The Labute approximate surface area is 146 Å². The molecule has 2 heterocycles. The lowest BCUT2D eigenvalue weighted by molar-refractivity contribution is 0.112. The monoisotopic (exact) mass is 332 g/mol. The highest BCUT2D eigenvalue weighted by molar-refractivity contribution is 5.78. The van der Waals surface area contributed by atoms with E-state index in [1.54, 1.807) is 12.1 Å². The molecule has 3 aromatic rings. The first-order valence-corrected chi connectivity index (χ1v) is 8.58. The van der Waals surface area contributed by atoms with Crippen LogP contribution in [0.1, 0.15) is 28.9 Å². The second-order valence-corrected chi connectivity index (χ2v) is 6.48. The number of nitrogens with one attached hydrogen (secondary N) is 1. The lowest BCUT2D eigenvalue weighted by Crippen LogP contribution is -2.43. The normalized spacial score (nSPS) is 19.8. The Morgan fingerprint density at radius 2 is 1.92 bits per heavy atom. The van der Waals surface area contributed by atoms with Crippen molar-refractivity contribution in [2.75, 3.05) is 13.2 Å². The van der Waals surface area contributed by atoms with Gasteiger partial charge in [-0.15, -0.1) is 0 Å². The molecule has 4 heteroatoms. The Hall–Kier alpha value is -2.72. The maximum atomic E-state index is 10.8. The molecule has 1 N–H and O–H groups in total. The zero-order valence-electron chi connectivity index (χ0n) is 13.9. The number of para-hydroxylation sites is 1. The second kappa shape index (κ2) is 6.65. The molecule has 1 fully saturated rings. The topological polar surface area (TPSA) is 51.2 Å². The van der Waals surface area contributed by atoms with Crippen LogP contribution in [0.25, 0.3) is 10.9 Å². The van der Waals surface area contributed by atoms with E-state index in [4.69, 9.17) is 9.72 Å². The number of carbonyl (C=O) groups excluding carboxylic acids is 1. The molecule has 0 aliphatic carbocycles. The van der Waals surface area contributed by atoms with Crippen molar-refractivity contribution in [3.8, 4) is 5.75 Å². The Morgan fingerprint density at radius 3 is 2.68 bits per heavy atom. The third-order valence-corrected chi connectivity index (χ3v) is 4.83. The van der Waals surface area contributed by atoms with Crippen LogP contribution >= 0.6 is 0 Å². The largest absolute Gasteiger partial charge is 0.491 e. The minimum absolute atomic E-state index is 0.270. The van der Waals surface area contributed by atoms with Crippen LogP contribution in [0.5, 0.6) is 5.75 Å². The number of rotatable bonds is 5. The number of carbonyl (C=O) groups is 1. The first-order valence-electron chi connectivity index (χ1n) is 8.58. The summed E-state index contributed by atoms with van der Waals surface area (Å²) < 4.78 is 6.04. The van der Waals surface area contributed by atoms with Gasteiger partial charge in [-0.05, 0) is 55.8 Å². The van der Waals surface area contributed by atoms with Crippen LogP contribution < -0.4 is 10.1 Å². The average Bonchev–Trinajstić information content (AvgIpc) is 3.16. The van der Waals surface area contributed by atoms with E-state index in [1.807, 2.05) is 30.3 Å². The van der Waals surface area contributed by atoms with Gasteiger partial charge in [-0.3, -0.25) is 9.78 Å². The first-order chi connectivity index (χ1) is 12.3. The molecule has 4 rings (SSSR count). The molecule has 4 nitrogen and oxygen atoms in total. The molecular weight excluding hydrogens is 312 g/mol. The van der Waals surface area contributed by atoms with Crippen molar-refractivity contribution in [1.29, 1.82) is 0 Å². The Balaban J connectivity index is 1.60. The predicted molar refractivity (Wildman–Crippen MR) is 98.0 cm³/mol. The number of benzene rings is 2. The highest BCUT2D eigenvalue weighted by Crippen LogP contribution is 2.31. The molecule has 25 heavy (non-hydrogen) atoms. The standard InChI is InChI=1S/C21H20N2O2/c24-14-16-6-9-18(10-7-16)25-15-21(12-3-13-22-21)20-11-8-17-4-1-2-5-19(17)23-20/h1-2,4-11,14,22H,3,12-13,15H2/t21-/m1/s1. The average molecular weight is 332 g/mol. The van der Waals surface area contributed by atoms with Crippen LogP contribution in [0.4, 0.5) is 0 Å². The van der Waals surface area contributed by atoms with E-state index >= 15 is 0 Å². The van der Waals surface area contributed by atoms with Gasteiger partial charge in [0, 0.05) is 10.9 Å². The SMILES string of the molecule is O=Cc1ccc(OC[C@@]2(c3ccc4ccccc4n3)CCCN2)cc1. The summed E-state index contributed by atoms with van der Waals surface area (Å²) in [4.78, 5) is 15.6. The lowest BCUT2D eigenvalue weighted by atomic mass is 9.93. The van der Waals surface area contributed by atoms with Gasteiger partial charge in [0.25, 0.3) is 0 Å². The summed E-state index contributed by atoms with van der Waals surface area (Å²) in [5, 5.41) is 4.74. The van der Waals surface area contributed by atoms with Gasteiger partial charge in [0.05, 0.1) is 16.7 Å². The van der Waals surface area contributed by atoms with Crippen molar-refractivity contribution in [2.45, 2.75) is 18.4 Å². The fourth-order valence-electron chi connectivity index (χ4n) is 3.40. The Morgan fingerprint density at radius 1 is 1.08 bits per heavy atom. The maximum Gasteiger partial charge on any atom is 0.150 e. The van der Waals surface area contributed by atoms with E-state index in [-0.39, 0.29) is 5.54 Å². The molecule has 126 valence electrons. The van der Waals surface area contributed by atoms with Crippen LogP contribution in [0, 0.1) is 0 Å². The smallest absolute Gasteiger partial charge is 0.150 e. The van der Waals surface area contributed by atoms with Gasteiger partial charge in [0.1, 0.15) is 18.6 Å². The summed E-state index contributed by atoms with van der Waals surface area (Å²) in [5.74, 6) is 0.763. The minimum atomic E-state index is -0.270. The highest BCUT2D eigenvalue weighted by Gasteiger charge is 2.37. The number of aldehydes is 1. The zero-order chi connectivity index (χ0) is 17.1. The van der Waals surface area contributed by atoms with E-state index < -0.39 is 0 Å². The molecule has 2 aromatic carbocycles. The molecule has 1 aliphatic rings. The van der Waals surface area contributed by atoms with Gasteiger partial charge < -0.3 is 10.1 Å². The highest BCUT2D eigenvalue weighted by atomic mass is 16.5. The fourth-order valence-corrected chi connectivity index (χ4v) is 3.40. The molecule has 1 atom stereocenters. The number of pyridine rings is 1. The van der Waals surface area contributed by atoms with Gasteiger partial charge in [-0.1, -0.05) is 24.3 Å². The minimum Gasteiger partial charge on any atom is -0.491 e. The Bertz CT molecular complexity index is 884. The van der Waals surface area contributed by atoms with Gasteiger partial charge in [0.15, 0.2) is 0 Å². The number of nitrogens with zero attached hydrogens (tertiary/aromatic N) is 1. The summed E-state index contributed by atoms with van der Waals surface area (Å²) in [5.41, 5.74) is 2.40. The third kappa shape index (κ3) is 3.13. The molecule has 0 bridgehead atoms. The predicted octanol–water partition coefficient (Wildman–Crippen LogP) is 3.71. The molecule has 1 aromatic heterocycles. The zero-order valence-corrected chi connectivity index (χ0v) is 13.9. The molecule has 0 unspecified atom stereocenters. The molecule has 1 saturated heterocycles. The van der Waals surface area contributed by atoms with Crippen molar-refractivity contribution in [2.24, 2.45) is 0 Å². The summed E-state index contributed by atoms with van der Waals surface area (Å²) in [6, 6.07) is 19.6. The van der Waals surface area contributed by atoms with Crippen LogP contribution in [0.15, 0.2) is 60.7 Å². The van der Waals surface area contributed by atoms with Crippen molar-refractivity contribution in [3.63, 3.8) is 0 Å². The molecule has 0 radical (unpaired) electrons. The third-order valence-electron chi connectivity index (χ3n) is 4.83. The van der Waals surface area contributed by atoms with E-state index in [9.17, 15) is 4.79 Å². The van der Waals surface area contributed by atoms with Crippen molar-refractivity contribution >= 4 is 17.2 Å². The Kier molecular flexibility index (Phi) is 4.20. The number of fused-ring (bicyclic) bond motifs is 1. The van der Waals surface area contributed by atoms with E-state index in [2.05, 4.69) is 23.5 Å². The van der Waals surface area contributed by atoms with Gasteiger partial charge in [-0.25, -0.2) is 0 Å². The van der Waals surface area contributed by atoms with Gasteiger partial charge >= 0.3 is 0 Å². The summed E-state index contributed by atoms with van der Waals surface area (Å²) >= 11 is 0. The van der Waals surface area contributed by atoms with Crippen molar-refractivity contribution < 1.29 is 9.53 Å². The van der Waals surface area contributed by atoms with Crippen LogP contribution in [0.2, 0.25) is 0 Å². The lowest BCUT2D eigenvalue weighted by Gasteiger charge is -2.29. The van der Waals surface area contributed by atoms with E-state index in [0.29, 0.717) is 12.2 Å². The summed E-state index contributed by atoms with van der Waals surface area (Å²) in [7, 11) is 0. The van der Waals surface area contributed by atoms with E-state index in [0.717, 1.165) is 48.0 Å². The van der Waals surface area contributed by atoms with Crippen LogP contribution in [-0.2, 0) is 5.54 Å². The van der Waals surface area contributed by atoms with Crippen LogP contribution in [0.3, 0.4) is 0 Å². The molecule has 0 amide bonds. The summed E-state index contributed by atoms with van der Waals surface area (Å²) in [6.07, 6.45) is 2.93. The second-order valence-electron chi connectivity index (χ2n) is 6.48. The van der Waals surface area contributed by atoms with Crippen molar-refractivity contribution in [1.82, 2.24) is 10.3 Å². The van der Waals surface area contributed by atoms with Crippen LogP contribution in [-0.4, -0.2) is 24.4 Å². The number of aromatic nitrogens is 1. The van der Waals surface area contributed by atoms with Gasteiger partial charge in [0.2, 0.25) is 0 Å². The number of hydrogen-bond donors (Lipinski definition) is 1.